The summed E-state index contributed by atoms with van der Waals surface area (Å²) >= 11 is 2.27. The first-order valence-corrected chi connectivity index (χ1v) is 10.3. The highest BCUT2D eigenvalue weighted by Crippen LogP contribution is 2.60. The molecule has 0 saturated heterocycles. The SMILES string of the molecule is CN(CC(=O)Nc1ccccc1I)CC12CC3CC(CC(C3)C1)C2. The number of nitrogens with one attached hydrogen (secondary N) is 1. The molecule has 0 spiro atoms. The predicted molar refractivity (Wildman–Crippen MR) is 106 cm³/mol. The Morgan fingerprint density at radius 1 is 1.17 bits per heavy atom. The van der Waals surface area contributed by atoms with Crippen LogP contribution in [0.1, 0.15) is 38.5 Å². The molecular formula is C20H27IN2O. The quantitative estimate of drug-likeness (QED) is 0.693. The molecule has 4 aliphatic rings. The van der Waals surface area contributed by atoms with Gasteiger partial charge in [-0.1, -0.05) is 12.1 Å². The van der Waals surface area contributed by atoms with E-state index < -0.39 is 0 Å². The van der Waals surface area contributed by atoms with Crippen molar-refractivity contribution in [3.05, 3.63) is 27.8 Å². The van der Waals surface area contributed by atoms with Crippen LogP contribution in [0.15, 0.2) is 24.3 Å². The summed E-state index contributed by atoms with van der Waals surface area (Å²) in [7, 11) is 2.12. The van der Waals surface area contributed by atoms with Gasteiger partial charge in [-0.25, -0.2) is 0 Å². The Bertz CT molecular complexity index is 595. The molecule has 1 N–H and O–H groups in total. The van der Waals surface area contributed by atoms with Gasteiger partial charge in [0.05, 0.1) is 12.2 Å². The van der Waals surface area contributed by atoms with Gasteiger partial charge in [0.2, 0.25) is 5.91 Å². The molecule has 24 heavy (non-hydrogen) atoms. The van der Waals surface area contributed by atoms with Crippen LogP contribution in [0, 0.1) is 26.7 Å². The zero-order valence-electron chi connectivity index (χ0n) is 14.4. The number of likely N-dealkylation sites (N-methyl/N-ethyl adjacent to an activating group) is 1. The summed E-state index contributed by atoms with van der Waals surface area (Å²) in [6, 6.07) is 7.96. The van der Waals surface area contributed by atoms with Gasteiger partial charge in [-0.15, -0.1) is 0 Å². The lowest BCUT2D eigenvalue weighted by Gasteiger charge is -2.57. The highest BCUT2D eigenvalue weighted by Gasteiger charge is 2.51. The number of rotatable bonds is 5. The van der Waals surface area contributed by atoms with Crippen molar-refractivity contribution >= 4 is 34.2 Å². The van der Waals surface area contributed by atoms with E-state index in [2.05, 4.69) is 39.9 Å². The van der Waals surface area contributed by atoms with Crippen LogP contribution in [-0.4, -0.2) is 30.9 Å². The van der Waals surface area contributed by atoms with Gasteiger partial charge >= 0.3 is 0 Å². The van der Waals surface area contributed by atoms with E-state index in [9.17, 15) is 4.79 Å². The number of amides is 1. The van der Waals surface area contributed by atoms with Crippen LogP contribution in [0.3, 0.4) is 0 Å². The summed E-state index contributed by atoms with van der Waals surface area (Å²) in [5, 5.41) is 3.06. The van der Waals surface area contributed by atoms with Crippen LogP contribution in [0.5, 0.6) is 0 Å². The molecule has 4 heteroatoms. The number of para-hydroxylation sites is 1. The minimum absolute atomic E-state index is 0.103. The second kappa shape index (κ2) is 6.60. The molecule has 4 saturated carbocycles. The van der Waals surface area contributed by atoms with Crippen molar-refractivity contribution in [1.29, 1.82) is 0 Å². The largest absolute Gasteiger partial charge is 0.324 e. The average Bonchev–Trinajstić information content (AvgIpc) is 2.47. The van der Waals surface area contributed by atoms with E-state index >= 15 is 0 Å². The van der Waals surface area contributed by atoms with E-state index in [-0.39, 0.29) is 5.91 Å². The van der Waals surface area contributed by atoms with E-state index in [0.29, 0.717) is 12.0 Å². The van der Waals surface area contributed by atoms with Gasteiger partial charge in [0.15, 0.2) is 0 Å². The van der Waals surface area contributed by atoms with Crippen LogP contribution in [-0.2, 0) is 4.79 Å². The summed E-state index contributed by atoms with van der Waals surface area (Å²) in [5.41, 5.74) is 1.43. The molecule has 4 fully saturated rings. The first-order chi connectivity index (χ1) is 11.5. The molecule has 130 valence electrons. The first-order valence-electron chi connectivity index (χ1n) is 9.24. The zero-order chi connectivity index (χ0) is 16.7. The summed E-state index contributed by atoms with van der Waals surface area (Å²) in [4.78, 5) is 14.7. The van der Waals surface area contributed by atoms with E-state index in [1.165, 1.54) is 38.5 Å². The number of anilines is 1. The maximum Gasteiger partial charge on any atom is 0.238 e. The molecule has 0 atom stereocenters. The zero-order valence-corrected chi connectivity index (χ0v) is 16.6. The third-order valence-corrected chi connectivity index (χ3v) is 7.27. The van der Waals surface area contributed by atoms with Crippen LogP contribution < -0.4 is 5.32 Å². The van der Waals surface area contributed by atoms with E-state index in [1.807, 2.05) is 24.3 Å². The molecular weight excluding hydrogens is 411 g/mol. The molecule has 3 nitrogen and oxygen atoms in total. The molecule has 1 aromatic carbocycles. The maximum atomic E-state index is 12.4. The lowest BCUT2D eigenvalue weighted by atomic mass is 9.49. The van der Waals surface area contributed by atoms with Gasteiger partial charge in [0.25, 0.3) is 0 Å². The van der Waals surface area contributed by atoms with Crippen molar-refractivity contribution in [3.63, 3.8) is 0 Å². The Kier molecular flexibility index (Phi) is 4.63. The summed E-state index contributed by atoms with van der Waals surface area (Å²) in [6.07, 6.45) is 8.66. The smallest absolute Gasteiger partial charge is 0.238 e. The Balaban J connectivity index is 1.34. The first kappa shape index (κ1) is 16.8. The minimum Gasteiger partial charge on any atom is -0.324 e. The fraction of sp³-hybridized carbons (Fsp3) is 0.650. The van der Waals surface area contributed by atoms with Gasteiger partial charge in [-0.05, 0) is 103 Å². The number of hydrogen-bond acceptors (Lipinski definition) is 2. The van der Waals surface area contributed by atoms with Gasteiger partial charge in [0.1, 0.15) is 0 Å². The van der Waals surface area contributed by atoms with Crippen LogP contribution in [0.25, 0.3) is 0 Å². The molecule has 1 aromatic rings. The molecule has 0 unspecified atom stereocenters. The fourth-order valence-corrected chi connectivity index (χ4v) is 6.63. The standard InChI is InChI=1S/C20H27IN2O/c1-23(12-19(24)22-18-5-3-2-4-17(18)21)13-20-9-14-6-15(10-20)8-16(7-14)11-20/h2-5,14-16H,6-13H2,1H3,(H,22,24). The third kappa shape index (κ3) is 3.50. The summed E-state index contributed by atoms with van der Waals surface area (Å²) in [5.74, 6) is 3.03. The van der Waals surface area contributed by atoms with E-state index in [1.54, 1.807) is 0 Å². The lowest BCUT2D eigenvalue weighted by Crippen LogP contribution is -2.51. The van der Waals surface area contributed by atoms with Crippen LogP contribution in [0.2, 0.25) is 0 Å². The Morgan fingerprint density at radius 2 is 1.75 bits per heavy atom. The van der Waals surface area contributed by atoms with Crippen LogP contribution in [0.4, 0.5) is 5.69 Å². The minimum atomic E-state index is 0.103. The van der Waals surface area contributed by atoms with Crippen molar-refractivity contribution in [2.24, 2.45) is 23.2 Å². The van der Waals surface area contributed by atoms with Gasteiger partial charge < -0.3 is 5.32 Å². The van der Waals surface area contributed by atoms with Gasteiger partial charge in [0, 0.05) is 10.1 Å². The maximum absolute atomic E-state index is 12.4. The molecule has 0 radical (unpaired) electrons. The predicted octanol–water partition coefficient (Wildman–Crippen LogP) is 4.38. The summed E-state index contributed by atoms with van der Waals surface area (Å²) < 4.78 is 1.09. The van der Waals surface area contributed by atoms with Crippen molar-refractivity contribution < 1.29 is 4.79 Å². The number of benzene rings is 1. The number of carbonyl (C=O) groups excluding carboxylic acids is 1. The molecule has 4 bridgehead atoms. The number of carbonyl (C=O) groups is 1. The summed E-state index contributed by atoms with van der Waals surface area (Å²) in [6.45, 7) is 1.59. The molecule has 4 aliphatic carbocycles. The Labute approximate surface area is 158 Å². The van der Waals surface area contributed by atoms with E-state index in [4.69, 9.17) is 0 Å². The average molecular weight is 438 g/mol. The number of nitrogens with zero attached hydrogens (tertiary/aromatic N) is 1. The third-order valence-electron chi connectivity index (χ3n) is 6.33. The fourth-order valence-electron chi connectivity index (χ4n) is 6.11. The lowest BCUT2D eigenvalue weighted by molar-refractivity contribution is -0.118. The van der Waals surface area contributed by atoms with E-state index in [0.717, 1.165) is 33.6 Å². The van der Waals surface area contributed by atoms with Crippen molar-refractivity contribution in [2.75, 3.05) is 25.5 Å². The second-order valence-corrected chi connectivity index (χ2v) is 9.78. The van der Waals surface area contributed by atoms with Gasteiger partial charge in [-0.2, -0.15) is 0 Å². The molecule has 5 rings (SSSR count). The molecule has 0 aromatic heterocycles. The highest BCUT2D eigenvalue weighted by molar-refractivity contribution is 14.1. The normalized spacial score (nSPS) is 33.9. The van der Waals surface area contributed by atoms with Crippen molar-refractivity contribution in [2.45, 2.75) is 38.5 Å². The molecule has 0 aliphatic heterocycles. The topological polar surface area (TPSA) is 32.3 Å². The number of halogens is 1. The van der Waals surface area contributed by atoms with Crippen molar-refractivity contribution in [3.8, 4) is 0 Å². The Morgan fingerprint density at radius 3 is 2.33 bits per heavy atom. The molecule has 0 heterocycles. The second-order valence-electron chi connectivity index (χ2n) is 8.62. The van der Waals surface area contributed by atoms with Crippen molar-refractivity contribution in [1.82, 2.24) is 4.90 Å². The Hall–Kier alpha value is -0.620. The monoisotopic (exact) mass is 438 g/mol. The van der Waals surface area contributed by atoms with Crippen LogP contribution >= 0.6 is 22.6 Å². The van der Waals surface area contributed by atoms with Gasteiger partial charge in [-0.3, -0.25) is 9.69 Å². The number of hydrogen-bond donors (Lipinski definition) is 1. The highest BCUT2D eigenvalue weighted by atomic mass is 127. The molecule has 1 amide bonds.